The van der Waals surface area contributed by atoms with Crippen LogP contribution < -0.4 is 0 Å². The molecule has 0 aromatic heterocycles. The van der Waals surface area contributed by atoms with Crippen LogP contribution in [0.1, 0.15) is 27.2 Å². The van der Waals surface area contributed by atoms with Crippen molar-refractivity contribution in [3.8, 4) is 0 Å². The third kappa shape index (κ3) is 4.72. The molecule has 0 amide bonds. The van der Waals surface area contributed by atoms with Gasteiger partial charge in [0.15, 0.2) is 0 Å². The quantitative estimate of drug-likeness (QED) is 0.503. The van der Waals surface area contributed by atoms with Gasteiger partial charge in [-0.2, -0.15) is 0 Å². The minimum absolute atomic E-state index is 0.272. The molecule has 0 N–H and O–H groups in total. The van der Waals surface area contributed by atoms with E-state index in [1.165, 1.54) is 0 Å². The second-order valence-electron chi connectivity index (χ2n) is 4.92. The molecule has 0 unspecified atom stereocenters. The van der Waals surface area contributed by atoms with Gasteiger partial charge in [0.1, 0.15) is 0 Å². The van der Waals surface area contributed by atoms with E-state index in [0.29, 0.717) is 6.32 Å². The van der Waals surface area contributed by atoms with E-state index in [1.54, 1.807) is 0 Å². The van der Waals surface area contributed by atoms with E-state index in [0.717, 1.165) is 20.2 Å². The summed E-state index contributed by atoms with van der Waals surface area (Å²) in [6, 6.07) is 0. The van der Waals surface area contributed by atoms with Gasteiger partial charge in [-0.1, -0.05) is 0 Å². The topological polar surface area (TPSA) is 26.3 Å². The molecule has 0 saturated carbocycles. The molecule has 4 heteroatoms. The summed E-state index contributed by atoms with van der Waals surface area (Å²) in [4.78, 5) is 0. The molecule has 0 rings (SSSR count). The molecule has 0 atom stereocenters. The van der Waals surface area contributed by atoms with Gasteiger partial charge in [-0.25, -0.2) is 0 Å². The number of rotatable bonds is 5. The Morgan fingerprint density at radius 1 is 1.31 bits per heavy atom. The van der Waals surface area contributed by atoms with Crippen LogP contribution in [0.2, 0.25) is 24.5 Å². The van der Waals surface area contributed by atoms with Crippen molar-refractivity contribution in [1.82, 2.24) is 0 Å². The van der Waals surface area contributed by atoms with Gasteiger partial charge < -0.3 is 0 Å². The summed E-state index contributed by atoms with van der Waals surface area (Å²) in [7, 11) is -0.617. The molecule has 76 valence electrons. The number of hydrogen-bond donors (Lipinski definition) is 0. The molecular formula is C9H21BO2Si. The van der Waals surface area contributed by atoms with Crippen molar-refractivity contribution in [1.29, 1.82) is 0 Å². The first kappa shape index (κ1) is 13.0. The van der Waals surface area contributed by atoms with Crippen molar-refractivity contribution < 1.29 is 9.13 Å². The van der Waals surface area contributed by atoms with Crippen LogP contribution in [0.3, 0.4) is 0 Å². The van der Waals surface area contributed by atoms with Crippen molar-refractivity contribution in [2.75, 3.05) is 6.61 Å². The summed E-state index contributed by atoms with van der Waals surface area (Å²) in [5, 5.41) is 0.272. The summed E-state index contributed by atoms with van der Waals surface area (Å²) < 4.78 is 16.0. The first-order valence-corrected chi connectivity index (χ1v) is 7.79. The van der Waals surface area contributed by atoms with Gasteiger partial charge in [0, 0.05) is 0 Å². The first-order chi connectivity index (χ1) is 5.81. The van der Waals surface area contributed by atoms with Gasteiger partial charge in [0.25, 0.3) is 0 Å². The van der Waals surface area contributed by atoms with Gasteiger partial charge >= 0.3 is 82.8 Å². The van der Waals surface area contributed by atoms with Crippen molar-refractivity contribution in [3.05, 3.63) is 0 Å². The van der Waals surface area contributed by atoms with Crippen LogP contribution in [0, 0.1) is 0 Å². The SMILES string of the molecule is CC(C)(C)[Si](C)(C)OCCCB=O. The monoisotopic (exact) mass is 200 g/mol. The molecule has 0 spiro atoms. The van der Waals surface area contributed by atoms with Crippen LogP contribution in [0.15, 0.2) is 0 Å². The third-order valence-corrected chi connectivity index (χ3v) is 7.27. The predicted molar refractivity (Wildman–Crippen MR) is 59.0 cm³/mol. The predicted octanol–water partition coefficient (Wildman–Crippen LogP) is 2.87. The van der Waals surface area contributed by atoms with Crippen LogP contribution in [-0.2, 0) is 9.13 Å². The van der Waals surface area contributed by atoms with E-state index in [2.05, 4.69) is 33.9 Å². The molecule has 0 aliphatic heterocycles. The van der Waals surface area contributed by atoms with Crippen LogP contribution in [0.5, 0.6) is 0 Å². The molecule has 0 bridgehead atoms. The van der Waals surface area contributed by atoms with E-state index in [4.69, 9.17) is 4.43 Å². The zero-order valence-electron chi connectivity index (χ0n) is 9.52. The van der Waals surface area contributed by atoms with Crippen LogP contribution >= 0.6 is 0 Å². The molecule has 0 saturated heterocycles. The van der Waals surface area contributed by atoms with Gasteiger partial charge in [-0.3, -0.25) is 0 Å². The molecule has 13 heavy (non-hydrogen) atoms. The zero-order chi connectivity index (χ0) is 10.5. The average Bonchev–Trinajstić information content (AvgIpc) is 1.96. The number of hydrogen-bond acceptors (Lipinski definition) is 2. The van der Waals surface area contributed by atoms with Gasteiger partial charge in [0.05, 0.1) is 0 Å². The summed E-state index contributed by atoms with van der Waals surface area (Å²) >= 11 is 0. The van der Waals surface area contributed by atoms with Crippen LogP contribution in [0.25, 0.3) is 0 Å². The fourth-order valence-electron chi connectivity index (χ4n) is 0.710. The van der Waals surface area contributed by atoms with Crippen molar-refractivity contribution in [2.24, 2.45) is 0 Å². The zero-order valence-corrected chi connectivity index (χ0v) is 10.5. The van der Waals surface area contributed by atoms with E-state index >= 15 is 0 Å². The normalized spacial score (nSPS) is 12.7. The van der Waals surface area contributed by atoms with E-state index in [9.17, 15) is 4.70 Å². The van der Waals surface area contributed by atoms with Gasteiger partial charge in [-0.05, 0) is 0 Å². The van der Waals surface area contributed by atoms with Crippen molar-refractivity contribution in [2.45, 2.75) is 51.6 Å². The fraction of sp³-hybridized carbons (Fsp3) is 1.00. The third-order valence-electron chi connectivity index (χ3n) is 2.74. The van der Waals surface area contributed by atoms with E-state index in [-0.39, 0.29) is 5.04 Å². The molecule has 0 aromatic rings. The molecule has 0 aliphatic rings. The fourth-order valence-corrected chi connectivity index (χ4v) is 1.80. The molecular weight excluding hydrogens is 179 g/mol. The summed E-state index contributed by atoms with van der Waals surface area (Å²) in [5.74, 6) is 0. The Labute approximate surface area is 83.4 Å². The Morgan fingerprint density at radius 3 is 2.23 bits per heavy atom. The van der Waals surface area contributed by atoms with Crippen molar-refractivity contribution >= 4 is 15.5 Å². The molecule has 0 aliphatic carbocycles. The van der Waals surface area contributed by atoms with Crippen LogP contribution in [0.4, 0.5) is 0 Å². The van der Waals surface area contributed by atoms with E-state index < -0.39 is 8.32 Å². The molecule has 0 fully saturated rings. The Kier molecular flexibility index (Phi) is 5.07. The Morgan fingerprint density at radius 2 is 1.85 bits per heavy atom. The Bertz CT molecular complexity index is 163. The Balaban J connectivity index is 3.83. The van der Waals surface area contributed by atoms with Gasteiger partial charge in [-0.15, -0.1) is 0 Å². The second kappa shape index (κ2) is 5.06. The minimum atomic E-state index is -1.57. The average molecular weight is 200 g/mol. The first-order valence-electron chi connectivity index (χ1n) is 4.89. The molecule has 0 heterocycles. The molecule has 0 radical (unpaired) electrons. The van der Waals surface area contributed by atoms with Crippen LogP contribution in [-0.4, -0.2) is 22.1 Å². The van der Waals surface area contributed by atoms with Crippen molar-refractivity contribution in [3.63, 3.8) is 0 Å². The second-order valence-corrected chi connectivity index (χ2v) is 9.73. The summed E-state index contributed by atoms with van der Waals surface area (Å²) in [6.45, 7) is 11.9. The maximum absolute atomic E-state index is 10.1. The summed E-state index contributed by atoms with van der Waals surface area (Å²) in [5.41, 5.74) is 0. The maximum atomic E-state index is 10.1. The molecule has 0 aromatic carbocycles. The summed E-state index contributed by atoms with van der Waals surface area (Å²) in [6.07, 6.45) is 1.48. The standard InChI is InChI=1S/C9H21BO2Si/c1-9(2,3)13(4,5)12-8-6-7-10-11/h6-8H2,1-5H3. The molecule has 2 nitrogen and oxygen atoms in total. The van der Waals surface area contributed by atoms with E-state index in [1.807, 2.05) is 0 Å². The Hall–Kier alpha value is 0.0418. The van der Waals surface area contributed by atoms with Gasteiger partial charge in [0.2, 0.25) is 0 Å².